The molecule has 1 saturated heterocycles. The van der Waals surface area contributed by atoms with E-state index in [0.29, 0.717) is 12.5 Å². The molecular weight excluding hydrogens is 350 g/mol. The van der Waals surface area contributed by atoms with Gasteiger partial charge in [-0.05, 0) is 54.7 Å². The van der Waals surface area contributed by atoms with Crippen LogP contribution in [0.15, 0.2) is 54.7 Å². The van der Waals surface area contributed by atoms with Crippen LogP contribution in [0.3, 0.4) is 0 Å². The third kappa shape index (κ3) is 3.16. The summed E-state index contributed by atoms with van der Waals surface area (Å²) in [6.07, 6.45) is 4.05. The monoisotopic (exact) mass is 373 g/mol. The van der Waals surface area contributed by atoms with E-state index in [2.05, 4.69) is 23.2 Å². The van der Waals surface area contributed by atoms with Crippen molar-refractivity contribution in [3.63, 3.8) is 0 Å². The molecule has 142 valence electrons. The van der Waals surface area contributed by atoms with E-state index in [0.717, 1.165) is 54.6 Å². The highest BCUT2D eigenvalue weighted by atomic mass is 16.5. The van der Waals surface area contributed by atoms with Gasteiger partial charge in [-0.15, -0.1) is 0 Å². The summed E-state index contributed by atoms with van der Waals surface area (Å²) in [7, 11) is 0. The lowest BCUT2D eigenvalue weighted by atomic mass is 9.91. The van der Waals surface area contributed by atoms with Gasteiger partial charge in [0.15, 0.2) is 11.8 Å². The molecule has 3 aromatic rings. The number of rotatable bonds is 2. The second-order valence-electron chi connectivity index (χ2n) is 7.59. The number of pyridine rings is 2. The standard InChI is InChI=1S/C23H23N3O2/c27-23(21-19-6-2-1-4-16(19)11-15-28-21)26-13-9-17(10-14-26)20-8-7-18-5-3-12-24-22(18)25-20/h1-8,12,17,21H,9-11,13-15H2. The van der Waals surface area contributed by atoms with Gasteiger partial charge in [-0.2, -0.15) is 0 Å². The van der Waals surface area contributed by atoms with E-state index in [9.17, 15) is 4.79 Å². The topological polar surface area (TPSA) is 55.3 Å². The number of hydrogen-bond donors (Lipinski definition) is 0. The first-order chi connectivity index (χ1) is 13.8. The van der Waals surface area contributed by atoms with Gasteiger partial charge in [0.2, 0.25) is 0 Å². The van der Waals surface area contributed by atoms with E-state index in [1.807, 2.05) is 35.2 Å². The van der Waals surface area contributed by atoms with Crippen molar-refractivity contribution in [3.05, 3.63) is 71.5 Å². The number of piperidine rings is 1. The van der Waals surface area contributed by atoms with Gasteiger partial charge >= 0.3 is 0 Å². The number of nitrogens with zero attached hydrogens (tertiary/aromatic N) is 3. The molecule has 0 N–H and O–H groups in total. The Bertz CT molecular complexity index is 1010. The van der Waals surface area contributed by atoms with Gasteiger partial charge in [0, 0.05) is 36.3 Å². The zero-order chi connectivity index (χ0) is 18.9. The predicted molar refractivity (Wildman–Crippen MR) is 107 cm³/mol. The number of fused-ring (bicyclic) bond motifs is 2. The number of amides is 1. The van der Waals surface area contributed by atoms with Gasteiger partial charge < -0.3 is 9.64 Å². The number of aromatic nitrogens is 2. The van der Waals surface area contributed by atoms with Crippen LogP contribution in [0.4, 0.5) is 0 Å². The molecule has 5 rings (SSSR count). The molecule has 2 aliphatic heterocycles. The Hall–Kier alpha value is -2.79. The Morgan fingerprint density at radius 1 is 1.04 bits per heavy atom. The van der Waals surface area contributed by atoms with Crippen LogP contribution >= 0.6 is 0 Å². The molecule has 0 spiro atoms. The molecule has 1 aromatic carbocycles. The lowest BCUT2D eigenvalue weighted by Gasteiger charge is -2.35. The Kier molecular flexibility index (Phi) is 4.53. The third-order valence-electron chi connectivity index (χ3n) is 5.93. The molecule has 5 nitrogen and oxygen atoms in total. The number of ether oxygens (including phenoxy) is 1. The SMILES string of the molecule is O=C(C1OCCc2ccccc21)N1CCC(c2ccc3cccnc3n2)CC1. The first kappa shape index (κ1) is 17.3. The fraction of sp³-hybridized carbons (Fsp3) is 0.348. The molecule has 1 atom stereocenters. The van der Waals surface area contributed by atoms with E-state index >= 15 is 0 Å². The maximum Gasteiger partial charge on any atom is 0.256 e. The minimum atomic E-state index is -0.454. The molecule has 0 bridgehead atoms. The molecule has 1 fully saturated rings. The van der Waals surface area contributed by atoms with Crippen LogP contribution in [0.2, 0.25) is 0 Å². The summed E-state index contributed by atoms with van der Waals surface area (Å²) in [6, 6.07) is 16.3. The maximum absolute atomic E-state index is 13.1. The second-order valence-corrected chi connectivity index (χ2v) is 7.59. The normalized spacial score (nSPS) is 20.1. The quantitative estimate of drug-likeness (QED) is 0.688. The van der Waals surface area contributed by atoms with Crippen molar-refractivity contribution in [2.45, 2.75) is 31.3 Å². The molecule has 0 saturated carbocycles. The lowest BCUT2D eigenvalue weighted by molar-refractivity contribution is -0.146. The van der Waals surface area contributed by atoms with Gasteiger partial charge in [-0.25, -0.2) is 9.97 Å². The average molecular weight is 373 g/mol. The van der Waals surface area contributed by atoms with Gasteiger partial charge in [-0.1, -0.05) is 24.3 Å². The molecule has 28 heavy (non-hydrogen) atoms. The number of carbonyl (C=O) groups excluding carboxylic acids is 1. The molecule has 1 unspecified atom stereocenters. The Morgan fingerprint density at radius 2 is 1.89 bits per heavy atom. The largest absolute Gasteiger partial charge is 0.363 e. The Morgan fingerprint density at radius 3 is 2.79 bits per heavy atom. The van der Waals surface area contributed by atoms with Crippen molar-refractivity contribution >= 4 is 16.9 Å². The van der Waals surface area contributed by atoms with Gasteiger partial charge in [0.25, 0.3) is 5.91 Å². The van der Waals surface area contributed by atoms with Crippen molar-refractivity contribution in [1.29, 1.82) is 0 Å². The van der Waals surface area contributed by atoms with Crippen LogP contribution in [-0.2, 0) is 16.0 Å². The van der Waals surface area contributed by atoms with Crippen molar-refractivity contribution in [2.75, 3.05) is 19.7 Å². The number of likely N-dealkylation sites (tertiary alicyclic amines) is 1. The highest BCUT2D eigenvalue weighted by molar-refractivity contribution is 5.83. The summed E-state index contributed by atoms with van der Waals surface area (Å²) in [4.78, 5) is 24.2. The van der Waals surface area contributed by atoms with Crippen LogP contribution in [0.1, 0.15) is 41.7 Å². The summed E-state index contributed by atoms with van der Waals surface area (Å²) in [5.41, 5.74) is 4.14. The first-order valence-electron chi connectivity index (χ1n) is 9.99. The second kappa shape index (κ2) is 7.32. The molecule has 0 radical (unpaired) electrons. The zero-order valence-electron chi connectivity index (χ0n) is 15.8. The summed E-state index contributed by atoms with van der Waals surface area (Å²) >= 11 is 0. The van der Waals surface area contributed by atoms with Crippen molar-refractivity contribution < 1.29 is 9.53 Å². The van der Waals surface area contributed by atoms with E-state index in [4.69, 9.17) is 9.72 Å². The summed E-state index contributed by atoms with van der Waals surface area (Å²) in [5, 5.41) is 1.06. The highest BCUT2D eigenvalue weighted by Gasteiger charge is 2.33. The Labute approximate surface area is 164 Å². The summed E-state index contributed by atoms with van der Waals surface area (Å²) in [6.45, 7) is 2.10. The molecule has 1 amide bonds. The van der Waals surface area contributed by atoms with Crippen molar-refractivity contribution in [3.8, 4) is 0 Å². The highest BCUT2D eigenvalue weighted by Crippen LogP contribution is 2.32. The van der Waals surface area contributed by atoms with E-state index in [1.165, 1.54) is 5.56 Å². The molecule has 4 heterocycles. The van der Waals surface area contributed by atoms with E-state index in [-0.39, 0.29) is 5.91 Å². The number of carbonyl (C=O) groups is 1. The molecule has 2 aromatic heterocycles. The van der Waals surface area contributed by atoms with Gasteiger partial charge in [0.1, 0.15) is 0 Å². The van der Waals surface area contributed by atoms with Crippen molar-refractivity contribution in [2.24, 2.45) is 0 Å². The van der Waals surface area contributed by atoms with E-state index in [1.54, 1.807) is 6.20 Å². The van der Waals surface area contributed by atoms with Crippen LogP contribution in [0, 0.1) is 0 Å². The van der Waals surface area contributed by atoms with Gasteiger partial charge in [0.05, 0.1) is 6.61 Å². The van der Waals surface area contributed by atoms with Crippen LogP contribution < -0.4 is 0 Å². The summed E-state index contributed by atoms with van der Waals surface area (Å²) < 4.78 is 5.87. The van der Waals surface area contributed by atoms with E-state index < -0.39 is 6.10 Å². The fourth-order valence-corrected chi connectivity index (χ4v) is 4.35. The van der Waals surface area contributed by atoms with Crippen LogP contribution in [0.5, 0.6) is 0 Å². The average Bonchev–Trinajstić information content (AvgIpc) is 2.78. The lowest BCUT2D eigenvalue weighted by Crippen LogP contribution is -2.42. The first-order valence-corrected chi connectivity index (χ1v) is 9.99. The maximum atomic E-state index is 13.1. The zero-order valence-corrected chi connectivity index (χ0v) is 15.8. The smallest absolute Gasteiger partial charge is 0.256 e. The molecule has 5 heteroatoms. The molecular formula is C23H23N3O2. The Balaban J connectivity index is 1.28. The minimum Gasteiger partial charge on any atom is -0.363 e. The molecule has 0 aliphatic carbocycles. The van der Waals surface area contributed by atoms with Crippen LogP contribution in [0.25, 0.3) is 11.0 Å². The molecule has 2 aliphatic rings. The fourth-order valence-electron chi connectivity index (χ4n) is 4.35. The third-order valence-corrected chi connectivity index (χ3v) is 5.93. The van der Waals surface area contributed by atoms with Gasteiger partial charge in [-0.3, -0.25) is 4.79 Å². The minimum absolute atomic E-state index is 0.0961. The number of benzene rings is 1. The predicted octanol–water partition coefficient (Wildman–Crippen LogP) is 3.65. The summed E-state index contributed by atoms with van der Waals surface area (Å²) in [5.74, 6) is 0.466. The van der Waals surface area contributed by atoms with Crippen molar-refractivity contribution in [1.82, 2.24) is 14.9 Å². The van der Waals surface area contributed by atoms with Crippen LogP contribution in [-0.4, -0.2) is 40.5 Å². The number of hydrogen-bond acceptors (Lipinski definition) is 4.